The van der Waals surface area contributed by atoms with Gasteiger partial charge in [0.2, 0.25) is 0 Å². The lowest BCUT2D eigenvalue weighted by Crippen LogP contribution is -2.11. The van der Waals surface area contributed by atoms with Crippen LogP contribution in [0.15, 0.2) is 0 Å². The number of nitrogens with one attached hydrogen (secondary N) is 1. The van der Waals surface area contributed by atoms with Crippen LogP contribution in [-0.2, 0) is 0 Å². The maximum Gasteiger partial charge on any atom is 0.0962 e. The molecule has 0 fully saturated rings. The summed E-state index contributed by atoms with van der Waals surface area (Å²) in [5, 5.41) is 4.60. The van der Waals surface area contributed by atoms with Crippen LogP contribution in [0.1, 0.15) is 61.2 Å². The quantitative estimate of drug-likeness (QED) is 0.829. The van der Waals surface area contributed by atoms with Gasteiger partial charge in [0.1, 0.15) is 0 Å². The molecule has 0 bridgehead atoms. The van der Waals surface area contributed by atoms with Crippen molar-refractivity contribution in [1.82, 2.24) is 10.3 Å². The summed E-state index contributed by atoms with van der Waals surface area (Å²) in [4.78, 5) is 6.09. The maximum atomic E-state index is 4.70. The van der Waals surface area contributed by atoms with Crippen molar-refractivity contribution in [2.75, 3.05) is 7.05 Å². The van der Waals surface area contributed by atoms with Crippen LogP contribution in [0.25, 0.3) is 0 Å². The number of hydrogen-bond donors (Lipinski definition) is 1. The van der Waals surface area contributed by atoms with Crippen LogP contribution in [0, 0.1) is 6.92 Å². The van der Waals surface area contributed by atoms with Crippen LogP contribution in [0.4, 0.5) is 0 Å². The molecule has 0 saturated carbocycles. The molecule has 0 radical (unpaired) electrons. The summed E-state index contributed by atoms with van der Waals surface area (Å²) in [5.74, 6) is 0.645. The molecule has 1 atom stereocenters. The van der Waals surface area contributed by atoms with Gasteiger partial charge in [-0.25, -0.2) is 4.98 Å². The first-order valence-corrected chi connectivity index (χ1v) is 6.60. The summed E-state index contributed by atoms with van der Waals surface area (Å²) in [5.41, 5.74) is 1.20. The van der Waals surface area contributed by atoms with Gasteiger partial charge in [0.05, 0.1) is 10.7 Å². The predicted octanol–water partition coefficient (Wildman–Crippen LogP) is 3.64. The summed E-state index contributed by atoms with van der Waals surface area (Å²) in [6, 6.07) is 0.422. The van der Waals surface area contributed by atoms with E-state index in [-0.39, 0.29) is 0 Å². The third-order valence-electron chi connectivity index (χ3n) is 3.01. The fourth-order valence-corrected chi connectivity index (χ4v) is 3.17. The number of aryl methyl sites for hydroxylation is 1. The average molecular weight is 226 g/mol. The van der Waals surface area contributed by atoms with Gasteiger partial charge < -0.3 is 5.32 Å². The lowest BCUT2D eigenvalue weighted by molar-refractivity contribution is 0.635. The van der Waals surface area contributed by atoms with Crippen LogP contribution in [0.3, 0.4) is 0 Å². The molecule has 86 valence electrons. The average Bonchev–Trinajstić information content (AvgIpc) is 2.61. The highest BCUT2D eigenvalue weighted by molar-refractivity contribution is 7.11. The lowest BCUT2D eigenvalue weighted by atomic mass is 10.1. The molecule has 3 heteroatoms. The third-order valence-corrected chi connectivity index (χ3v) is 4.51. The zero-order valence-corrected chi connectivity index (χ0v) is 11.2. The Morgan fingerprint density at radius 2 is 1.93 bits per heavy atom. The van der Waals surface area contributed by atoms with Crippen molar-refractivity contribution >= 4 is 11.3 Å². The number of hydrogen-bond acceptors (Lipinski definition) is 3. The zero-order valence-electron chi connectivity index (χ0n) is 10.4. The molecular weight excluding hydrogens is 204 g/mol. The Kier molecular flexibility index (Phi) is 4.74. The summed E-state index contributed by atoms with van der Waals surface area (Å²) >= 11 is 1.88. The fourth-order valence-electron chi connectivity index (χ4n) is 1.78. The molecule has 1 rings (SSSR count). The van der Waals surface area contributed by atoms with Crippen molar-refractivity contribution in [3.63, 3.8) is 0 Å². The van der Waals surface area contributed by atoms with Crippen molar-refractivity contribution in [2.45, 2.75) is 52.5 Å². The van der Waals surface area contributed by atoms with Crippen molar-refractivity contribution in [3.05, 3.63) is 15.6 Å². The van der Waals surface area contributed by atoms with Gasteiger partial charge >= 0.3 is 0 Å². The first kappa shape index (κ1) is 12.7. The molecule has 0 aliphatic rings. The molecule has 15 heavy (non-hydrogen) atoms. The van der Waals surface area contributed by atoms with Crippen molar-refractivity contribution in [2.24, 2.45) is 0 Å². The van der Waals surface area contributed by atoms with Crippen LogP contribution in [0.5, 0.6) is 0 Å². The molecule has 0 spiro atoms. The highest BCUT2D eigenvalue weighted by Gasteiger charge is 2.17. The van der Waals surface area contributed by atoms with Gasteiger partial charge in [0.25, 0.3) is 0 Å². The molecule has 0 saturated heterocycles. The number of aromatic nitrogens is 1. The fraction of sp³-hybridized carbons (Fsp3) is 0.750. The zero-order chi connectivity index (χ0) is 11.4. The van der Waals surface area contributed by atoms with Crippen molar-refractivity contribution < 1.29 is 0 Å². The Morgan fingerprint density at radius 3 is 2.40 bits per heavy atom. The van der Waals surface area contributed by atoms with Gasteiger partial charge in [0, 0.05) is 16.8 Å². The molecule has 0 aliphatic carbocycles. The molecule has 2 nitrogen and oxygen atoms in total. The first-order valence-electron chi connectivity index (χ1n) is 5.78. The van der Waals surface area contributed by atoms with Crippen molar-refractivity contribution in [3.8, 4) is 0 Å². The van der Waals surface area contributed by atoms with Crippen LogP contribution >= 0.6 is 11.3 Å². The van der Waals surface area contributed by atoms with E-state index in [0.717, 1.165) is 0 Å². The van der Waals surface area contributed by atoms with Crippen LogP contribution in [0.2, 0.25) is 0 Å². The second-order valence-corrected chi connectivity index (χ2v) is 5.09. The minimum atomic E-state index is 0.422. The highest BCUT2D eigenvalue weighted by atomic mass is 32.1. The van der Waals surface area contributed by atoms with Crippen molar-refractivity contribution in [1.29, 1.82) is 0 Å². The van der Waals surface area contributed by atoms with E-state index in [9.17, 15) is 0 Å². The smallest absolute Gasteiger partial charge is 0.0962 e. The van der Waals surface area contributed by atoms with E-state index in [1.165, 1.54) is 28.4 Å². The Hall–Kier alpha value is -0.410. The Balaban J connectivity index is 2.94. The van der Waals surface area contributed by atoms with Gasteiger partial charge in [-0.15, -0.1) is 11.3 Å². The Labute approximate surface area is 97.1 Å². The molecule has 0 aromatic carbocycles. The second kappa shape index (κ2) is 5.61. The predicted molar refractivity (Wildman–Crippen MR) is 67.6 cm³/mol. The van der Waals surface area contributed by atoms with E-state index in [1.807, 2.05) is 18.4 Å². The molecule has 1 unspecified atom stereocenters. The maximum absolute atomic E-state index is 4.70. The Bertz CT molecular complexity index is 303. The second-order valence-electron chi connectivity index (χ2n) is 4.03. The molecule has 1 heterocycles. The van der Waals surface area contributed by atoms with E-state index in [0.29, 0.717) is 12.0 Å². The summed E-state index contributed by atoms with van der Waals surface area (Å²) in [6.45, 7) is 8.79. The monoisotopic (exact) mass is 226 g/mol. The topological polar surface area (TPSA) is 24.9 Å². The Morgan fingerprint density at radius 1 is 1.33 bits per heavy atom. The van der Waals surface area contributed by atoms with Crippen LogP contribution < -0.4 is 5.32 Å². The molecule has 1 aromatic rings. The summed E-state index contributed by atoms with van der Waals surface area (Å²) < 4.78 is 0. The van der Waals surface area contributed by atoms with E-state index >= 15 is 0 Å². The van der Waals surface area contributed by atoms with Gasteiger partial charge in [-0.05, 0) is 33.7 Å². The summed E-state index contributed by atoms with van der Waals surface area (Å²) in [7, 11) is 2.00. The van der Waals surface area contributed by atoms with E-state index < -0.39 is 0 Å². The third kappa shape index (κ3) is 2.79. The molecule has 0 amide bonds. The standard InChI is InChI=1S/C12H22N2S/c1-6-10(7-2)12-14-9(4)11(15-12)8(3)13-5/h8,10,13H,6-7H2,1-5H3. The molecule has 1 aromatic heterocycles. The van der Waals surface area contributed by atoms with E-state index in [2.05, 4.69) is 33.0 Å². The molecular formula is C12H22N2S. The number of nitrogens with zero attached hydrogens (tertiary/aromatic N) is 1. The minimum Gasteiger partial charge on any atom is -0.312 e. The number of thiazole rings is 1. The molecule has 0 aliphatic heterocycles. The van der Waals surface area contributed by atoms with E-state index in [4.69, 9.17) is 4.98 Å². The molecule has 1 N–H and O–H groups in total. The summed E-state index contributed by atoms with van der Waals surface area (Å²) in [6.07, 6.45) is 2.38. The normalized spacial score (nSPS) is 13.5. The SMILES string of the molecule is CCC(CC)c1nc(C)c(C(C)NC)s1. The highest BCUT2D eigenvalue weighted by Crippen LogP contribution is 2.32. The van der Waals surface area contributed by atoms with Crippen LogP contribution in [-0.4, -0.2) is 12.0 Å². The van der Waals surface area contributed by atoms with Gasteiger partial charge in [0.15, 0.2) is 0 Å². The number of rotatable bonds is 5. The minimum absolute atomic E-state index is 0.422. The van der Waals surface area contributed by atoms with Gasteiger partial charge in [-0.3, -0.25) is 0 Å². The van der Waals surface area contributed by atoms with E-state index in [1.54, 1.807) is 0 Å². The van der Waals surface area contributed by atoms with Gasteiger partial charge in [-0.2, -0.15) is 0 Å². The first-order chi connectivity index (χ1) is 7.13. The largest absolute Gasteiger partial charge is 0.312 e. The van der Waals surface area contributed by atoms with Gasteiger partial charge in [-0.1, -0.05) is 13.8 Å². The lowest BCUT2D eigenvalue weighted by Gasteiger charge is -2.08.